The highest BCUT2D eigenvalue weighted by atomic mass is 19.4. The molecule has 1 fully saturated rings. The fourth-order valence-corrected chi connectivity index (χ4v) is 6.46. The van der Waals surface area contributed by atoms with Gasteiger partial charge in [-0.25, -0.2) is 0 Å². The van der Waals surface area contributed by atoms with Crippen molar-refractivity contribution in [1.29, 1.82) is 0 Å². The van der Waals surface area contributed by atoms with E-state index in [9.17, 15) is 26.3 Å². The summed E-state index contributed by atoms with van der Waals surface area (Å²) in [7, 11) is 0. The van der Waals surface area contributed by atoms with Gasteiger partial charge in [-0.1, -0.05) is 78.6 Å². The van der Waals surface area contributed by atoms with E-state index in [-0.39, 0.29) is 11.6 Å². The van der Waals surface area contributed by atoms with Crippen molar-refractivity contribution in [3.8, 4) is 0 Å². The molecule has 0 bridgehead atoms. The Bertz CT molecular complexity index is 1100. The summed E-state index contributed by atoms with van der Waals surface area (Å²) in [5.41, 5.74) is 1.48. The number of alkyl halides is 6. The molecule has 0 saturated heterocycles. The molecule has 2 aromatic carbocycles. The molecule has 1 aliphatic carbocycles. The zero-order chi connectivity index (χ0) is 29.8. The van der Waals surface area contributed by atoms with Crippen LogP contribution in [0.1, 0.15) is 115 Å². The zero-order valence-electron chi connectivity index (χ0n) is 24.6. The van der Waals surface area contributed by atoms with Crippen molar-refractivity contribution in [1.82, 2.24) is 0 Å². The van der Waals surface area contributed by atoms with Crippen molar-refractivity contribution < 1.29 is 26.3 Å². The highest BCUT2D eigenvalue weighted by molar-refractivity contribution is 5.91. The quantitative estimate of drug-likeness (QED) is 0.255. The van der Waals surface area contributed by atoms with Crippen LogP contribution in [0.15, 0.2) is 42.5 Å². The Morgan fingerprint density at radius 3 is 1.85 bits per heavy atom. The molecule has 0 nitrogen and oxygen atoms in total. The topological polar surface area (TPSA) is 0 Å². The maximum atomic E-state index is 13.2. The van der Waals surface area contributed by atoms with Gasteiger partial charge in [-0.3, -0.25) is 0 Å². The first-order valence-corrected chi connectivity index (χ1v) is 13.9. The number of allylic oxidation sites excluding steroid dienone is 2. The van der Waals surface area contributed by atoms with E-state index in [2.05, 4.69) is 34.6 Å². The first kappa shape index (κ1) is 33.0. The molecule has 0 aliphatic heterocycles. The normalized spacial score (nSPS) is 22.1. The SMILES string of the molecule is CCC/C(=C(/C)c1cc(C(F)(F)F)cc(C(F)(F)F)c1)c1ccccc1C.CCC1(C)CC(C)CC(C)(C)C1. The number of rotatable bonds is 5. The van der Waals surface area contributed by atoms with E-state index in [1.54, 1.807) is 13.0 Å². The van der Waals surface area contributed by atoms with Crippen molar-refractivity contribution in [3.05, 3.63) is 70.3 Å². The summed E-state index contributed by atoms with van der Waals surface area (Å²) in [5, 5.41) is 0. The molecular weight excluding hydrogens is 510 g/mol. The lowest BCUT2D eigenvalue weighted by Crippen LogP contribution is -2.34. The van der Waals surface area contributed by atoms with Gasteiger partial charge in [-0.15, -0.1) is 0 Å². The Balaban J connectivity index is 0.000000370. The Labute approximate surface area is 230 Å². The first-order chi connectivity index (χ1) is 17.8. The van der Waals surface area contributed by atoms with E-state index in [1.807, 2.05) is 32.0 Å². The second kappa shape index (κ2) is 12.5. The van der Waals surface area contributed by atoms with Crippen LogP contribution in [0.5, 0.6) is 0 Å². The molecule has 1 aliphatic rings. The summed E-state index contributed by atoms with van der Waals surface area (Å²) >= 11 is 0. The van der Waals surface area contributed by atoms with E-state index in [0.29, 0.717) is 29.2 Å². The second-order valence-corrected chi connectivity index (χ2v) is 12.5. The largest absolute Gasteiger partial charge is 0.416 e. The van der Waals surface area contributed by atoms with Gasteiger partial charge in [0.1, 0.15) is 0 Å². The van der Waals surface area contributed by atoms with Crippen LogP contribution in [0.2, 0.25) is 0 Å². The molecule has 0 aromatic heterocycles. The molecule has 0 N–H and O–H groups in total. The Morgan fingerprint density at radius 1 is 0.872 bits per heavy atom. The minimum atomic E-state index is -4.86. The minimum absolute atomic E-state index is 0.0659. The van der Waals surface area contributed by atoms with Crippen LogP contribution < -0.4 is 0 Å². The lowest BCUT2D eigenvalue weighted by Gasteiger charge is -2.45. The van der Waals surface area contributed by atoms with Crippen molar-refractivity contribution >= 4 is 11.1 Å². The van der Waals surface area contributed by atoms with Crippen molar-refractivity contribution in [2.75, 3.05) is 0 Å². The minimum Gasteiger partial charge on any atom is -0.166 e. The third-order valence-electron chi connectivity index (χ3n) is 7.94. The van der Waals surface area contributed by atoms with Gasteiger partial charge in [0.2, 0.25) is 0 Å². The third kappa shape index (κ3) is 9.14. The molecule has 2 atom stereocenters. The highest BCUT2D eigenvalue weighted by Gasteiger charge is 2.39. The van der Waals surface area contributed by atoms with Gasteiger partial charge in [0.25, 0.3) is 0 Å². The van der Waals surface area contributed by atoms with Gasteiger partial charge in [0.15, 0.2) is 0 Å². The molecule has 0 heterocycles. The van der Waals surface area contributed by atoms with Crippen LogP contribution in [-0.2, 0) is 12.4 Å². The standard InChI is InChI=1S/C21H20F6.C12H24/c1-4-7-19(18-9-6-5-8-13(18)2)14(3)15-10-16(20(22,23)24)12-17(11-15)21(25,26)27;1-6-12(5)8-10(2)7-11(3,4)9-12/h5-6,8-12H,4,7H2,1-3H3;10H,6-9H2,1-5H3/b19-14+;. The van der Waals surface area contributed by atoms with E-state index in [4.69, 9.17) is 0 Å². The number of hydrogen-bond donors (Lipinski definition) is 0. The van der Waals surface area contributed by atoms with Crippen molar-refractivity contribution in [3.63, 3.8) is 0 Å². The van der Waals surface area contributed by atoms with Crippen molar-refractivity contribution in [2.45, 2.75) is 106 Å². The Kier molecular flexibility index (Phi) is 10.6. The molecule has 6 heteroatoms. The smallest absolute Gasteiger partial charge is 0.166 e. The average Bonchev–Trinajstić information content (AvgIpc) is 2.80. The molecule has 0 radical (unpaired) electrons. The molecule has 1 saturated carbocycles. The molecule has 218 valence electrons. The molecule has 2 unspecified atom stereocenters. The van der Waals surface area contributed by atoms with E-state index < -0.39 is 23.5 Å². The summed E-state index contributed by atoms with van der Waals surface area (Å²) in [4.78, 5) is 0. The summed E-state index contributed by atoms with van der Waals surface area (Å²) in [6.45, 7) is 17.4. The summed E-state index contributed by atoms with van der Waals surface area (Å²) in [5.74, 6) is 0.929. The highest BCUT2D eigenvalue weighted by Crippen LogP contribution is 2.50. The lowest BCUT2D eigenvalue weighted by molar-refractivity contribution is -0.143. The van der Waals surface area contributed by atoms with E-state index in [1.165, 1.54) is 25.7 Å². The van der Waals surface area contributed by atoms with Gasteiger partial charge in [-0.05, 0) is 102 Å². The monoisotopic (exact) mass is 554 g/mol. The van der Waals surface area contributed by atoms with Crippen LogP contribution in [0, 0.1) is 23.7 Å². The predicted molar refractivity (Wildman–Crippen MR) is 150 cm³/mol. The fraction of sp³-hybridized carbons (Fsp3) is 0.576. The molecule has 0 amide bonds. The van der Waals surface area contributed by atoms with Gasteiger partial charge in [0, 0.05) is 0 Å². The number of aryl methyl sites for hydroxylation is 1. The Hall–Kier alpha value is -2.24. The molecule has 3 rings (SSSR count). The van der Waals surface area contributed by atoms with Gasteiger partial charge < -0.3 is 0 Å². The lowest BCUT2D eigenvalue weighted by atomic mass is 9.60. The van der Waals surface area contributed by atoms with E-state index >= 15 is 0 Å². The van der Waals surface area contributed by atoms with Crippen LogP contribution >= 0.6 is 0 Å². The zero-order valence-corrected chi connectivity index (χ0v) is 24.6. The second-order valence-electron chi connectivity index (χ2n) is 12.5. The van der Waals surface area contributed by atoms with Crippen LogP contribution in [-0.4, -0.2) is 0 Å². The third-order valence-corrected chi connectivity index (χ3v) is 7.94. The number of hydrogen-bond acceptors (Lipinski definition) is 0. The fourth-order valence-electron chi connectivity index (χ4n) is 6.46. The Morgan fingerprint density at radius 2 is 1.41 bits per heavy atom. The number of benzene rings is 2. The predicted octanol–water partition coefficient (Wildman–Crippen LogP) is 12.0. The van der Waals surface area contributed by atoms with Gasteiger partial charge in [-0.2, -0.15) is 26.3 Å². The molecular formula is C33H44F6. The first-order valence-electron chi connectivity index (χ1n) is 13.9. The van der Waals surface area contributed by atoms with Crippen molar-refractivity contribution in [2.24, 2.45) is 16.7 Å². The van der Waals surface area contributed by atoms with Gasteiger partial charge >= 0.3 is 12.4 Å². The van der Waals surface area contributed by atoms with Crippen LogP contribution in [0.3, 0.4) is 0 Å². The van der Waals surface area contributed by atoms with Gasteiger partial charge in [0.05, 0.1) is 11.1 Å². The summed E-state index contributed by atoms with van der Waals surface area (Å²) in [6, 6.07) is 9.08. The maximum Gasteiger partial charge on any atom is 0.416 e. The molecule has 39 heavy (non-hydrogen) atoms. The molecule has 2 aromatic rings. The summed E-state index contributed by atoms with van der Waals surface area (Å²) in [6.07, 6.45) is -2.83. The average molecular weight is 555 g/mol. The van der Waals surface area contributed by atoms with E-state index in [0.717, 1.165) is 34.8 Å². The van der Waals surface area contributed by atoms with Crippen LogP contribution in [0.25, 0.3) is 11.1 Å². The molecule has 0 spiro atoms. The maximum absolute atomic E-state index is 13.2. The summed E-state index contributed by atoms with van der Waals surface area (Å²) < 4.78 is 78.9. The number of halogens is 6. The van der Waals surface area contributed by atoms with Crippen LogP contribution in [0.4, 0.5) is 26.3 Å².